The number of methoxy groups -OCH3 is 1. The van der Waals surface area contributed by atoms with E-state index in [4.69, 9.17) is 4.74 Å². The van der Waals surface area contributed by atoms with Crippen LogP contribution in [0.4, 0.5) is 5.69 Å². The number of piperidine rings is 1. The molecule has 1 aliphatic rings. The molecule has 1 heterocycles. The van der Waals surface area contributed by atoms with Crippen LogP contribution in [-0.2, 0) is 0 Å². The van der Waals surface area contributed by atoms with Crippen LogP contribution < -0.4 is 9.64 Å². The van der Waals surface area contributed by atoms with Crippen LogP contribution in [0.1, 0.15) is 38.2 Å². The standard InChI is InChI=1S/C16H22N2O/c1-3-4-13-7-9-18(10-8-13)16-11-15(19-2)6-5-14(16)12-17/h5-6,11,13H,3-4,7-10H2,1-2H3. The minimum absolute atomic E-state index is 0.745. The van der Waals surface area contributed by atoms with Crippen molar-refractivity contribution in [1.29, 1.82) is 5.26 Å². The molecule has 1 saturated heterocycles. The average molecular weight is 258 g/mol. The summed E-state index contributed by atoms with van der Waals surface area (Å²) in [6.45, 7) is 4.35. The molecule has 0 amide bonds. The van der Waals surface area contributed by atoms with Crippen molar-refractivity contribution in [3.05, 3.63) is 23.8 Å². The third-order valence-corrected chi connectivity index (χ3v) is 3.98. The van der Waals surface area contributed by atoms with Crippen LogP contribution in [-0.4, -0.2) is 20.2 Å². The van der Waals surface area contributed by atoms with E-state index in [1.54, 1.807) is 7.11 Å². The average Bonchev–Trinajstić information content (AvgIpc) is 2.47. The first-order chi connectivity index (χ1) is 9.28. The molecule has 1 aromatic rings. The van der Waals surface area contributed by atoms with Gasteiger partial charge < -0.3 is 9.64 Å². The Morgan fingerprint density at radius 1 is 1.37 bits per heavy atom. The van der Waals surface area contributed by atoms with Gasteiger partial charge in [0.2, 0.25) is 0 Å². The van der Waals surface area contributed by atoms with Crippen molar-refractivity contribution in [2.75, 3.05) is 25.1 Å². The highest BCUT2D eigenvalue weighted by Gasteiger charge is 2.20. The van der Waals surface area contributed by atoms with E-state index >= 15 is 0 Å². The molecule has 0 atom stereocenters. The summed E-state index contributed by atoms with van der Waals surface area (Å²) in [7, 11) is 1.67. The zero-order chi connectivity index (χ0) is 13.7. The van der Waals surface area contributed by atoms with Gasteiger partial charge in [-0.25, -0.2) is 0 Å². The second kappa shape index (κ2) is 6.47. The number of hydrogen-bond acceptors (Lipinski definition) is 3. The summed E-state index contributed by atoms with van der Waals surface area (Å²) < 4.78 is 5.27. The van der Waals surface area contributed by atoms with E-state index in [0.29, 0.717) is 0 Å². The van der Waals surface area contributed by atoms with E-state index in [9.17, 15) is 5.26 Å². The Balaban J connectivity index is 2.12. The molecule has 2 rings (SSSR count). The molecule has 0 saturated carbocycles. The molecule has 0 spiro atoms. The molecule has 0 aromatic heterocycles. The summed E-state index contributed by atoms with van der Waals surface area (Å²) in [6, 6.07) is 7.97. The van der Waals surface area contributed by atoms with Crippen LogP contribution in [0.5, 0.6) is 5.75 Å². The molecular formula is C16H22N2O. The summed E-state index contributed by atoms with van der Waals surface area (Å²) in [5.74, 6) is 1.68. The predicted molar refractivity (Wildman–Crippen MR) is 77.6 cm³/mol. The van der Waals surface area contributed by atoms with Crippen molar-refractivity contribution >= 4 is 5.69 Å². The van der Waals surface area contributed by atoms with Crippen LogP contribution >= 0.6 is 0 Å². The summed E-state index contributed by atoms with van der Waals surface area (Å²) in [6.07, 6.45) is 5.07. The SMILES string of the molecule is CCCC1CCN(c2cc(OC)ccc2C#N)CC1. The lowest BCUT2D eigenvalue weighted by Crippen LogP contribution is -2.34. The first kappa shape index (κ1) is 13.7. The normalized spacial score (nSPS) is 16.2. The quantitative estimate of drug-likeness (QED) is 0.828. The maximum absolute atomic E-state index is 9.23. The van der Waals surface area contributed by atoms with Gasteiger partial charge in [0.05, 0.1) is 18.4 Å². The van der Waals surface area contributed by atoms with Gasteiger partial charge in [0.1, 0.15) is 11.8 Å². The Bertz CT molecular complexity index is 456. The molecular weight excluding hydrogens is 236 g/mol. The largest absolute Gasteiger partial charge is 0.497 e. The number of nitrogens with zero attached hydrogens (tertiary/aromatic N) is 2. The minimum Gasteiger partial charge on any atom is -0.497 e. The summed E-state index contributed by atoms with van der Waals surface area (Å²) >= 11 is 0. The maximum Gasteiger partial charge on any atom is 0.121 e. The summed E-state index contributed by atoms with van der Waals surface area (Å²) in [5.41, 5.74) is 1.77. The van der Waals surface area contributed by atoms with Crippen molar-refractivity contribution in [2.45, 2.75) is 32.6 Å². The second-order valence-electron chi connectivity index (χ2n) is 5.21. The van der Waals surface area contributed by atoms with Crippen LogP contribution in [0.2, 0.25) is 0 Å². The van der Waals surface area contributed by atoms with E-state index in [1.165, 1.54) is 25.7 Å². The van der Waals surface area contributed by atoms with Gasteiger partial charge in [-0.2, -0.15) is 5.26 Å². The molecule has 3 heteroatoms. The predicted octanol–water partition coefficient (Wildman–Crippen LogP) is 3.58. The van der Waals surface area contributed by atoms with Crippen molar-refractivity contribution in [2.24, 2.45) is 5.92 Å². The van der Waals surface area contributed by atoms with Crippen LogP contribution in [0, 0.1) is 17.2 Å². The van der Waals surface area contributed by atoms with Gasteiger partial charge in [0, 0.05) is 19.2 Å². The van der Waals surface area contributed by atoms with E-state index in [1.807, 2.05) is 18.2 Å². The van der Waals surface area contributed by atoms with E-state index in [0.717, 1.165) is 36.0 Å². The Hall–Kier alpha value is -1.69. The molecule has 0 unspecified atom stereocenters. The van der Waals surface area contributed by atoms with Gasteiger partial charge in [-0.3, -0.25) is 0 Å². The Morgan fingerprint density at radius 2 is 2.11 bits per heavy atom. The van der Waals surface area contributed by atoms with E-state index < -0.39 is 0 Å². The fraction of sp³-hybridized carbons (Fsp3) is 0.562. The monoisotopic (exact) mass is 258 g/mol. The third-order valence-electron chi connectivity index (χ3n) is 3.98. The van der Waals surface area contributed by atoms with Gasteiger partial charge in [-0.15, -0.1) is 0 Å². The molecule has 0 N–H and O–H groups in total. The van der Waals surface area contributed by atoms with Crippen molar-refractivity contribution in [1.82, 2.24) is 0 Å². The smallest absolute Gasteiger partial charge is 0.121 e. The van der Waals surface area contributed by atoms with E-state index in [2.05, 4.69) is 17.9 Å². The second-order valence-corrected chi connectivity index (χ2v) is 5.21. The topological polar surface area (TPSA) is 36.3 Å². The molecule has 1 aliphatic heterocycles. The lowest BCUT2D eigenvalue weighted by atomic mass is 9.92. The first-order valence-electron chi connectivity index (χ1n) is 7.11. The Labute approximate surface area is 115 Å². The lowest BCUT2D eigenvalue weighted by Gasteiger charge is -2.34. The zero-order valence-electron chi connectivity index (χ0n) is 11.9. The van der Waals surface area contributed by atoms with Crippen molar-refractivity contribution < 1.29 is 4.74 Å². The number of rotatable bonds is 4. The Kier molecular flexibility index (Phi) is 4.68. The number of benzene rings is 1. The first-order valence-corrected chi connectivity index (χ1v) is 7.11. The molecule has 3 nitrogen and oxygen atoms in total. The molecule has 0 aliphatic carbocycles. The third kappa shape index (κ3) is 3.20. The van der Waals surface area contributed by atoms with Crippen LogP contribution in [0.3, 0.4) is 0 Å². The number of ether oxygens (including phenoxy) is 1. The summed E-state index contributed by atoms with van der Waals surface area (Å²) in [4.78, 5) is 2.33. The molecule has 1 aromatic carbocycles. The highest BCUT2D eigenvalue weighted by Crippen LogP contribution is 2.30. The van der Waals surface area contributed by atoms with Gasteiger partial charge in [0.15, 0.2) is 0 Å². The van der Waals surface area contributed by atoms with Crippen LogP contribution in [0.25, 0.3) is 0 Å². The van der Waals surface area contributed by atoms with Gasteiger partial charge in [-0.1, -0.05) is 19.8 Å². The number of anilines is 1. The molecule has 19 heavy (non-hydrogen) atoms. The lowest BCUT2D eigenvalue weighted by molar-refractivity contribution is 0.377. The van der Waals surface area contributed by atoms with Crippen LogP contribution in [0.15, 0.2) is 18.2 Å². The van der Waals surface area contributed by atoms with Gasteiger partial charge in [0.25, 0.3) is 0 Å². The highest BCUT2D eigenvalue weighted by atomic mass is 16.5. The number of nitriles is 1. The highest BCUT2D eigenvalue weighted by molar-refractivity contribution is 5.62. The van der Waals surface area contributed by atoms with Crippen molar-refractivity contribution in [3.8, 4) is 11.8 Å². The zero-order valence-corrected chi connectivity index (χ0v) is 11.9. The summed E-state index contributed by atoms with van der Waals surface area (Å²) in [5, 5.41) is 9.23. The fourth-order valence-electron chi connectivity index (χ4n) is 2.87. The van der Waals surface area contributed by atoms with Crippen molar-refractivity contribution in [3.63, 3.8) is 0 Å². The molecule has 1 fully saturated rings. The molecule has 0 radical (unpaired) electrons. The minimum atomic E-state index is 0.745. The molecule has 102 valence electrons. The van der Waals surface area contributed by atoms with Gasteiger partial charge in [-0.05, 0) is 30.9 Å². The fourth-order valence-corrected chi connectivity index (χ4v) is 2.87. The van der Waals surface area contributed by atoms with Gasteiger partial charge >= 0.3 is 0 Å². The van der Waals surface area contributed by atoms with E-state index in [-0.39, 0.29) is 0 Å². The number of hydrogen-bond donors (Lipinski definition) is 0. The molecule has 0 bridgehead atoms. The maximum atomic E-state index is 9.23. The Morgan fingerprint density at radius 3 is 2.68 bits per heavy atom.